The Morgan fingerprint density at radius 3 is 2.70 bits per heavy atom. The van der Waals surface area contributed by atoms with Crippen LogP contribution in [0.2, 0.25) is 0 Å². The van der Waals surface area contributed by atoms with E-state index in [1.165, 1.54) is 12.1 Å². The summed E-state index contributed by atoms with van der Waals surface area (Å²) in [7, 11) is 0. The predicted octanol–water partition coefficient (Wildman–Crippen LogP) is 5.13. The van der Waals surface area contributed by atoms with Crippen LogP contribution in [0, 0.1) is 11.7 Å². The van der Waals surface area contributed by atoms with E-state index in [2.05, 4.69) is 34.7 Å². The van der Waals surface area contributed by atoms with Gasteiger partial charge in [0.25, 0.3) is 0 Å². The Morgan fingerprint density at radius 1 is 1.27 bits per heavy atom. The summed E-state index contributed by atoms with van der Waals surface area (Å²) in [5, 5.41) is 17.5. The Morgan fingerprint density at radius 2 is 2.03 bits per heavy atom. The second-order valence-electron chi connectivity index (χ2n) is 8.47. The number of hydrogen-bond acceptors (Lipinski definition) is 3. The number of carbonyl (C=O) groups is 1. The van der Waals surface area contributed by atoms with Gasteiger partial charge in [0.05, 0.1) is 23.1 Å². The van der Waals surface area contributed by atoms with Crippen LogP contribution in [0.5, 0.6) is 0 Å². The number of H-pyrrole nitrogens is 1. The lowest BCUT2D eigenvalue weighted by Gasteiger charge is -2.18. The first-order chi connectivity index (χ1) is 14.4. The van der Waals surface area contributed by atoms with Gasteiger partial charge in [-0.25, -0.2) is 9.37 Å². The van der Waals surface area contributed by atoms with E-state index in [0.29, 0.717) is 18.5 Å². The number of rotatable bonds is 4. The standard InChI is InChI=1S/C23H23FN4O2/c1-12(2)21-19(13-3-4-14(9-13)23(29)30)20-18(10-15-11-25-27-22(15)26-20)28(21)17-7-5-16(24)6-8-17/h5-8,10-14H,3-4,9H2,1-2H3,(H,29,30)(H,25,26,27)/t13-,14-/m1/s1. The Balaban J connectivity index is 1.82. The number of nitrogens with one attached hydrogen (secondary N) is 1. The number of fused-ring (bicyclic) bond motifs is 2. The Labute approximate surface area is 172 Å². The fraction of sp³-hybridized carbons (Fsp3) is 0.348. The van der Waals surface area contributed by atoms with Crippen LogP contribution >= 0.6 is 0 Å². The van der Waals surface area contributed by atoms with E-state index in [-0.39, 0.29) is 23.6 Å². The number of aliphatic carboxylic acids is 1. The number of nitrogens with zero attached hydrogens (tertiary/aromatic N) is 3. The van der Waals surface area contributed by atoms with Crippen molar-refractivity contribution in [3.05, 3.63) is 53.6 Å². The molecule has 2 N–H and O–H groups in total. The Hall–Kier alpha value is -3.22. The molecule has 2 atom stereocenters. The first-order valence-corrected chi connectivity index (χ1v) is 10.3. The number of hydrogen-bond donors (Lipinski definition) is 2. The lowest BCUT2D eigenvalue weighted by Crippen LogP contribution is -2.10. The molecular weight excluding hydrogens is 383 g/mol. The second-order valence-corrected chi connectivity index (χ2v) is 8.47. The van der Waals surface area contributed by atoms with Crippen molar-refractivity contribution in [2.24, 2.45) is 5.92 Å². The van der Waals surface area contributed by atoms with E-state index in [9.17, 15) is 14.3 Å². The highest BCUT2D eigenvalue weighted by Crippen LogP contribution is 2.46. The van der Waals surface area contributed by atoms with Gasteiger partial charge >= 0.3 is 5.97 Å². The van der Waals surface area contributed by atoms with Gasteiger partial charge in [0.2, 0.25) is 0 Å². The molecule has 1 aliphatic carbocycles. The molecule has 0 radical (unpaired) electrons. The Kier molecular flexibility index (Phi) is 4.34. The molecule has 1 fully saturated rings. The number of aromatic amines is 1. The molecule has 6 nitrogen and oxygen atoms in total. The fourth-order valence-corrected chi connectivity index (χ4v) is 4.92. The maximum Gasteiger partial charge on any atom is 0.306 e. The van der Waals surface area contributed by atoms with Gasteiger partial charge in [-0.3, -0.25) is 9.89 Å². The van der Waals surface area contributed by atoms with E-state index in [1.807, 2.05) is 0 Å². The molecule has 0 bridgehead atoms. The van der Waals surface area contributed by atoms with Gasteiger partial charge in [-0.15, -0.1) is 0 Å². The number of carboxylic acid groups (broad SMARTS) is 1. The van der Waals surface area contributed by atoms with Crippen molar-refractivity contribution in [2.75, 3.05) is 0 Å². The molecule has 154 valence electrons. The van der Waals surface area contributed by atoms with E-state index in [0.717, 1.165) is 39.8 Å². The molecule has 1 saturated carbocycles. The average molecular weight is 406 g/mol. The quantitative estimate of drug-likeness (QED) is 0.492. The minimum Gasteiger partial charge on any atom is -0.481 e. The summed E-state index contributed by atoms with van der Waals surface area (Å²) in [4.78, 5) is 16.5. The molecule has 1 aromatic carbocycles. The molecule has 0 unspecified atom stereocenters. The van der Waals surface area contributed by atoms with Crippen LogP contribution in [0.1, 0.15) is 56.2 Å². The normalized spacial score (nSPS) is 19.3. The molecular formula is C23H23FN4O2. The largest absolute Gasteiger partial charge is 0.481 e. The van der Waals surface area contributed by atoms with Crippen LogP contribution in [-0.4, -0.2) is 30.8 Å². The molecule has 3 heterocycles. The number of halogens is 1. The lowest BCUT2D eigenvalue weighted by atomic mass is 9.91. The summed E-state index contributed by atoms with van der Waals surface area (Å²) in [6.45, 7) is 4.27. The molecule has 7 heteroatoms. The second kappa shape index (κ2) is 6.93. The third kappa shape index (κ3) is 2.88. The van der Waals surface area contributed by atoms with Gasteiger partial charge in [-0.2, -0.15) is 5.10 Å². The minimum absolute atomic E-state index is 0.126. The SMILES string of the molecule is CC(C)c1c([C@@H]2CC[C@@H](C(=O)O)C2)c2nc3[nH]ncc3cc2n1-c1ccc(F)cc1. The van der Waals surface area contributed by atoms with Crippen LogP contribution in [0.4, 0.5) is 4.39 Å². The smallest absolute Gasteiger partial charge is 0.306 e. The van der Waals surface area contributed by atoms with Crippen LogP contribution in [0.25, 0.3) is 27.8 Å². The molecule has 5 rings (SSSR count). The monoisotopic (exact) mass is 406 g/mol. The van der Waals surface area contributed by atoms with E-state index in [1.54, 1.807) is 18.3 Å². The van der Waals surface area contributed by atoms with Crippen molar-refractivity contribution in [3.63, 3.8) is 0 Å². The molecule has 30 heavy (non-hydrogen) atoms. The van der Waals surface area contributed by atoms with E-state index in [4.69, 9.17) is 4.98 Å². The van der Waals surface area contributed by atoms with Gasteiger partial charge in [-0.05, 0) is 61.4 Å². The summed E-state index contributed by atoms with van der Waals surface area (Å²) in [5.41, 5.74) is 5.62. The van der Waals surface area contributed by atoms with Gasteiger partial charge in [0.15, 0.2) is 5.65 Å². The van der Waals surface area contributed by atoms with E-state index >= 15 is 0 Å². The highest BCUT2D eigenvalue weighted by atomic mass is 19.1. The molecule has 1 aliphatic rings. The summed E-state index contributed by atoms with van der Waals surface area (Å²) in [6, 6.07) is 8.54. The molecule has 0 spiro atoms. The lowest BCUT2D eigenvalue weighted by molar-refractivity contribution is -0.141. The average Bonchev–Trinajstić information content (AvgIpc) is 3.43. The zero-order chi connectivity index (χ0) is 21.0. The summed E-state index contributed by atoms with van der Waals surface area (Å²) < 4.78 is 15.8. The highest BCUT2D eigenvalue weighted by molar-refractivity contribution is 5.93. The molecule has 3 aromatic heterocycles. The third-order valence-electron chi connectivity index (χ3n) is 6.24. The van der Waals surface area contributed by atoms with Gasteiger partial charge < -0.3 is 9.67 Å². The highest BCUT2D eigenvalue weighted by Gasteiger charge is 2.35. The maximum absolute atomic E-state index is 13.6. The number of pyridine rings is 1. The van der Waals surface area contributed by atoms with Gasteiger partial charge in [-0.1, -0.05) is 13.8 Å². The van der Waals surface area contributed by atoms with E-state index < -0.39 is 5.97 Å². The van der Waals surface area contributed by atoms with Crippen LogP contribution < -0.4 is 0 Å². The predicted molar refractivity (Wildman–Crippen MR) is 112 cm³/mol. The van der Waals surface area contributed by atoms with Gasteiger partial charge in [0.1, 0.15) is 5.82 Å². The van der Waals surface area contributed by atoms with Crippen molar-refractivity contribution in [1.82, 2.24) is 19.7 Å². The van der Waals surface area contributed by atoms with Crippen LogP contribution in [-0.2, 0) is 4.79 Å². The van der Waals surface area contributed by atoms with Crippen molar-refractivity contribution >= 4 is 28.0 Å². The van der Waals surface area contributed by atoms with Crippen molar-refractivity contribution in [1.29, 1.82) is 0 Å². The number of aromatic nitrogens is 4. The maximum atomic E-state index is 13.6. The first-order valence-electron chi connectivity index (χ1n) is 10.3. The summed E-state index contributed by atoms with van der Waals surface area (Å²) in [5.74, 6) is -1.03. The van der Waals surface area contributed by atoms with Crippen molar-refractivity contribution in [3.8, 4) is 5.69 Å². The summed E-state index contributed by atoms with van der Waals surface area (Å²) in [6.07, 6.45) is 3.85. The Bertz CT molecular complexity index is 1260. The van der Waals surface area contributed by atoms with Gasteiger partial charge in [0, 0.05) is 22.3 Å². The third-order valence-corrected chi connectivity index (χ3v) is 6.24. The number of benzene rings is 1. The molecule has 0 saturated heterocycles. The van der Waals surface area contributed by atoms with Crippen LogP contribution in [0.15, 0.2) is 36.5 Å². The molecule has 0 amide bonds. The molecule has 4 aromatic rings. The first kappa shape index (κ1) is 18.8. The minimum atomic E-state index is -0.727. The number of carboxylic acids is 1. The van der Waals surface area contributed by atoms with Crippen LogP contribution in [0.3, 0.4) is 0 Å². The zero-order valence-electron chi connectivity index (χ0n) is 16.9. The zero-order valence-corrected chi connectivity index (χ0v) is 16.9. The van der Waals surface area contributed by atoms with Crippen molar-refractivity contribution in [2.45, 2.75) is 44.9 Å². The topological polar surface area (TPSA) is 83.8 Å². The molecule has 0 aliphatic heterocycles. The van der Waals surface area contributed by atoms with Crippen molar-refractivity contribution < 1.29 is 14.3 Å². The summed E-state index contributed by atoms with van der Waals surface area (Å²) >= 11 is 0. The fourth-order valence-electron chi connectivity index (χ4n) is 4.92.